The Kier molecular flexibility index (Phi) is 5.81. The zero-order chi connectivity index (χ0) is 18.4. The number of benzene rings is 3. The summed E-state index contributed by atoms with van der Waals surface area (Å²) in [5.41, 5.74) is 0.998. The summed E-state index contributed by atoms with van der Waals surface area (Å²) in [6.07, 6.45) is 0. The van der Waals surface area contributed by atoms with E-state index in [9.17, 15) is 9.00 Å². The molecule has 0 aliphatic heterocycles. The molecule has 0 fully saturated rings. The molecule has 0 saturated carbocycles. The van der Waals surface area contributed by atoms with E-state index in [1.165, 1.54) is 6.92 Å². The quantitative estimate of drug-likeness (QED) is 0.480. The fourth-order valence-corrected chi connectivity index (χ4v) is 3.46. The monoisotopic (exact) mass is 366 g/mol. The minimum Gasteiger partial charge on any atom is -0.485 e. The molecule has 4 nitrogen and oxygen atoms in total. The van der Waals surface area contributed by atoms with Crippen LogP contribution in [-0.2, 0) is 22.2 Å². The smallest absolute Gasteiger partial charge is 0.308 e. The first kappa shape index (κ1) is 17.9. The topological polar surface area (TPSA) is 52.6 Å². The Hall–Kier alpha value is -2.92. The lowest BCUT2D eigenvalue weighted by Crippen LogP contribution is -2.05. The van der Waals surface area contributed by atoms with E-state index in [1.54, 1.807) is 30.3 Å². The van der Waals surface area contributed by atoms with Gasteiger partial charge in [0.1, 0.15) is 6.61 Å². The van der Waals surface area contributed by atoms with Crippen molar-refractivity contribution in [3.63, 3.8) is 0 Å². The third-order valence-corrected chi connectivity index (χ3v) is 4.96. The summed E-state index contributed by atoms with van der Waals surface area (Å²) in [5, 5.41) is 0. The number of hydrogen-bond acceptors (Lipinski definition) is 4. The molecule has 0 bridgehead atoms. The van der Waals surface area contributed by atoms with Crippen LogP contribution in [0.4, 0.5) is 0 Å². The second-order valence-electron chi connectivity index (χ2n) is 5.56. The van der Waals surface area contributed by atoms with Crippen molar-refractivity contribution in [1.29, 1.82) is 0 Å². The van der Waals surface area contributed by atoms with Gasteiger partial charge in [0, 0.05) is 22.8 Å². The second-order valence-corrected chi connectivity index (χ2v) is 7.04. The fourth-order valence-electron chi connectivity index (χ4n) is 2.37. The normalized spacial score (nSPS) is 11.6. The van der Waals surface area contributed by atoms with Crippen LogP contribution in [0.5, 0.6) is 11.5 Å². The van der Waals surface area contributed by atoms with Gasteiger partial charge in [-0.05, 0) is 29.8 Å². The molecule has 0 aliphatic rings. The SMILES string of the molecule is CC(=O)Oc1cc(S(=O)c2ccccc2)ccc1OCc1ccccc1. The maximum Gasteiger partial charge on any atom is 0.308 e. The van der Waals surface area contributed by atoms with Crippen molar-refractivity contribution >= 4 is 16.8 Å². The molecule has 0 saturated heterocycles. The zero-order valence-electron chi connectivity index (χ0n) is 14.3. The van der Waals surface area contributed by atoms with Gasteiger partial charge in [0.2, 0.25) is 0 Å². The van der Waals surface area contributed by atoms with Gasteiger partial charge >= 0.3 is 5.97 Å². The molecule has 26 heavy (non-hydrogen) atoms. The van der Waals surface area contributed by atoms with Crippen molar-refractivity contribution in [2.45, 2.75) is 23.3 Å². The van der Waals surface area contributed by atoms with Gasteiger partial charge in [-0.3, -0.25) is 4.79 Å². The molecule has 5 heteroatoms. The average Bonchev–Trinajstić information content (AvgIpc) is 2.67. The van der Waals surface area contributed by atoms with E-state index in [4.69, 9.17) is 9.47 Å². The van der Waals surface area contributed by atoms with E-state index in [1.807, 2.05) is 48.5 Å². The summed E-state index contributed by atoms with van der Waals surface area (Å²) in [5.74, 6) is 0.227. The Morgan fingerprint density at radius 3 is 2.15 bits per heavy atom. The molecular weight excluding hydrogens is 348 g/mol. The highest BCUT2D eigenvalue weighted by molar-refractivity contribution is 7.85. The minimum atomic E-state index is -1.37. The van der Waals surface area contributed by atoms with Crippen LogP contribution in [0, 0.1) is 0 Å². The first-order valence-corrected chi connectivity index (χ1v) is 9.24. The molecule has 0 aromatic heterocycles. The van der Waals surface area contributed by atoms with Gasteiger partial charge in [-0.1, -0.05) is 48.5 Å². The van der Waals surface area contributed by atoms with Crippen molar-refractivity contribution in [1.82, 2.24) is 0 Å². The van der Waals surface area contributed by atoms with E-state index in [-0.39, 0.29) is 5.75 Å². The van der Waals surface area contributed by atoms with Crippen LogP contribution in [0.15, 0.2) is 88.7 Å². The predicted molar refractivity (Wildman–Crippen MR) is 99.6 cm³/mol. The van der Waals surface area contributed by atoms with Gasteiger partial charge in [-0.2, -0.15) is 0 Å². The summed E-state index contributed by atoms with van der Waals surface area (Å²) < 4.78 is 23.8. The largest absolute Gasteiger partial charge is 0.485 e. The second kappa shape index (κ2) is 8.45. The average molecular weight is 366 g/mol. The van der Waals surface area contributed by atoms with Crippen LogP contribution in [0.25, 0.3) is 0 Å². The Labute approximate surface area is 154 Å². The summed E-state index contributed by atoms with van der Waals surface area (Å²) in [4.78, 5) is 12.7. The maximum atomic E-state index is 12.7. The molecule has 1 atom stereocenters. The Balaban J connectivity index is 1.85. The predicted octanol–water partition coefficient (Wildman–Crippen LogP) is 4.36. The van der Waals surface area contributed by atoms with Crippen LogP contribution < -0.4 is 9.47 Å². The van der Waals surface area contributed by atoms with E-state index in [0.29, 0.717) is 22.1 Å². The number of esters is 1. The minimum absolute atomic E-state index is 0.259. The van der Waals surface area contributed by atoms with Crippen molar-refractivity contribution in [2.24, 2.45) is 0 Å². The molecule has 1 unspecified atom stereocenters. The molecule has 0 N–H and O–H groups in total. The molecule has 132 valence electrons. The molecule has 3 aromatic carbocycles. The zero-order valence-corrected chi connectivity index (χ0v) is 15.1. The summed E-state index contributed by atoms with van der Waals surface area (Å²) in [6.45, 7) is 1.66. The number of carbonyl (C=O) groups is 1. The summed E-state index contributed by atoms with van der Waals surface area (Å²) in [6, 6.07) is 23.8. The molecule has 0 aliphatic carbocycles. The van der Waals surface area contributed by atoms with E-state index < -0.39 is 16.8 Å². The lowest BCUT2D eigenvalue weighted by Gasteiger charge is -2.12. The molecule has 0 spiro atoms. The third kappa shape index (κ3) is 4.58. The molecule has 0 heterocycles. The summed E-state index contributed by atoms with van der Waals surface area (Å²) >= 11 is 0. The van der Waals surface area contributed by atoms with Crippen LogP contribution >= 0.6 is 0 Å². The van der Waals surface area contributed by atoms with Gasteiger partial charge < -0.3 is 9.47 Å². The lowest BCUT2D eigenvalue weighted by molar-refractivity contribution is -0.132. The highest BCUT2D eigenvalue weighted by Crippen LogP contribution is 2.32. The number of carbonyl (C=O) groups excluding carboxylic acids is 1. The summed E-state index contributed by atoms with van der Waals surface area (Å²) in [7, 11) is -1.37. The standard InChI is InChI=1S/C21H18O4S/c1-16(22)25-21-14-19(26(23)18-10-6-3-7-11-18)12-13-20(21)24-15-17-8-4-2-5-9-17/h2-14H,15H2,1H3. The number of hydrogen-bond donors (Lipinski definition) is 0. The van der Waals surface area contributed by atoms with Crippen molar-refractivity contribution < 1.29 is 18.5 Å². The molecular formula is C21H18O4S. The Morgan fingerprint density at radius 2 is 1.50 bits per heavy atom. The fraction of sp³-hybridized carbons (Fsp3) is 0.0952. The number of ether oxygens (including phenoxy) is 2. The third-order valence-electron chi connectivity index (χ3n) is 3.58. The van der Waals surface area contributed by atoms with E-state index in [0.717, 1.165) is 5.56 Å². The van der Waals surface area contributed by atoms with Crippen molar-refractivity contribution in [3.05, 3.63) is 84.4 Å². The van der Waals surface area contributed by atoms with Gasteiger partial charge in [0.25, 0.3) is 0 Å². The van der Waals surface area contributed by atoms with Crippen LogP contribution in [-0.4, -0.2) is 10.2 Å². The van der Waals surface area contributed by atoms with Gasteiger partial charge in [-0.15, -0.1) is 0 Å². The Bertz CT molecular complexity index is 908. The van der Waals surface area contributed by atoms with Gasteiger partial charge in [0.15, 0.2) is 11.5 Å². The molecule has 3 rings (SSSR count). The molecule has 0 radical (unpaired) electrons. The van der Waals surface area contributed by atoms with Gasteiger partial charge in [0.05, 0.1) is 10.8 Å². The first-order valence-electron chi connectivity index (χ1n) is 8.09. The van der Waals surface area contributed by atoms with Crippen molar-refractivity contribution in [2.75, 3.05) is 0 Å². The van der Waals surface area contributed by atoms with Crippen LogP contribution in [0.1, 0.15) is 12.5 Å². The van der Waals surface area contributed by atoms with Crippen LogP contribution in [0.3, 0.4) is 0 Å². The Morgan fingerprint density at radius 1 is 0.846 bits per heavy atom. The number of rotatable bonds is 6. The lowest BCUT2D eigenvalue weighted by atomic mass is 10.2. The first-order chi connectivity index (χ1) is 12.6. The molecule has 3 aromatic rings. The highest BCUT2D eigenvalue weighted by Gasteiger charge is 2.14. The molecule has 0 amide bonds. The van der Waals surface area contributed by atoms with Crippen LogP contribution in [0.2, 0.25) is 0 Å². The maximum absolute atomic E-state index is 12.7. The van der Waals surface area contributed by atoms with E-state index >= 15 is 0 Å². The van der Waals surface area contributed by atoms with Crippen molar-refractivity contribution in [3.8, 4) is 11.5 Å². The highest BCUT2D eigenvalue weighted by atomic mass is 32.2. The van der Waals surface area contributed by atoms with E-state index in [2.05, 4.69) is 0 Å². The van der Waals surface area contributed by atoms with Gasteiger partial charge in [-0.25, -0.2) is 4.21 Å².